The molecule has 24 heavy (non-hydrogen) atoms. The smallest absolute Gasteiger partial charge is 0.257 e. The van der Waals surface area contributed by atoms with Crippen molar-refractivity contribution in [3.8, 4) is 0 Å². The highest BCUT2D eigenvalue weighted by Crippen LogP contribution is 2.70. The van der Waals surface area contributed by atoms with Gasteiger partial charge in [-0.05, 0) is 30.4 Å². The highest BCUT2D eigenvalue weighted by molar-refractivity contribution is 7.89. The van der Waals surface area contributed by atoms with Crippen LogP contribution in [0.15, 0.2) is 35.2 Å². The first-order chi connectivity index (χ1) is 11.1. The van der Waals surface area contributed by atoms with E-state index in [2.05, 4.69) is 10.3 Å². The minimum atomic E-state index is -3.84. The van der Waals surface area contributed by atoms with Crippen molar-refractivity contribution in [3.63, 3.8) is 0 Å². The summed E-state index contributed by atoms with van der Waals surface area (Å²) in [6, 6.07) is 7.82. The molecule has 2 N–H and O–H groups in total. The van der Waals surface area contributed by atoms with Crippen molar-refractivity contribution in [2.75, 3.05) is 0 Å². The number of hydrogen-bond acceptors (Lipinski definition) is 4. The zero-order valence-electron chi connectivity index (χ0n) is 14.0. The molecule has 1 aromatic rings. The lowest BCUT2D eigenvalue weighted by atomic mass is 9.64. The molecule has 0 aliphatic heterocycles. The van der Waals surface area contributed by atoms with E-state index in [1.165, 1.54) is 12.1 Å². The van der Waals surface area contributed by atoms with Crippen LogP contribution in [0.3, 0.4) is 0 Å². The van der Waals surface area contributed by atoms with Crippen LogP contribution in [-0.2, 0) is 19.6 Å². The van der Waals surface area contributed by atoms with E-state index in [0.717, 1.165) is 0 Å². The van der Waals surface area contributed by atoms with Crippen LogP contribution in [0, 0.1) is 16.2 Å². The van der Waals surface area contributed by atoms with Crippen LogP contribution in [0.1, 0.15) is 40.0 Å². The molecule has 2 aliphatic rings. The van der Waals surface area contributed by atoms with Gasteiger partial charge in [0, 0.05) is 11.8 Å². The number of hydrazine groups is 1. The summed E-state index contributed by atoms with van der Waals surface area (Å²) < 4.78 is 24.5. The Kier molecular flexibility index (Phi) is 3.66. The first kappa shape index (κ1) is 17.1. The van der Waals surface area contributed by atoms with Crippen LogP contribution < -0.4 is 10.3 Å². The third kappa shape index (κ3) is 2.07. The van der Waals surface area contributed by atoms with Crippen molar-refractivity contribution in [3.05, 3.63) is 30.3 Å². The summed E-state index contributed by atoms with van der Waals surface area (Å²) in [5.41, 5.74) is 0.443. The minimum Gasteiger partial charge on any atom is -0.299 e. The molecule has 0 spiro atoms. The van der Waals surface area contributed by atoms with Crippen molar-refractivity contribution in [2.45, 2.75) is 44.9 Å². The molecule has 7 heteroatoms. The number of hydrogen-bond donors (Lipinski definition) is 2. The van der Waals surface area contributed by atoms with Crippen LogP contribution >= 0.6 is 0 Å². The molecule has 2 saturated carbocycles. The van der Waals surface area contributed by atoms with Crippen LogP contribution in [0.25, 0.3) is 0 Å². The van der Waals surface area contributed by atoms with Gasteiger partial charge >= 0.3 is 0 Å². The number of amides is 1. The number of rotatable bonds is 4. The van der Waals surface area contributed by atoms with Crippen molar-refractivity contribution >= 4 is 21.7 Å². The summed E-state index contributed by atoms with van der Waals surface area (Å²) in [6.07, 6.45) is 1.40. The van der Waals surface area contributed by atoms with Gasteiger partial charge in [0.1, 0.15) is 5.78 Å². The molecule has 2 aliphatic carbocycles. The number of sulfonamides is 1. The van der Waals surface area contributed by atoms with E-state index >= 15 is 0 Å². The molecule has 6 nitrogen and oxygen atoms in total. The molecule has 0 aromatic heterocycles. The van der Waals surface area contributed by atoms with Crippen molar-refractivity contribution in [1.29, 1.82) is 0 Å². The van der Waals surface area contributed by atoms with Crippen molar-refractivity contribution in [1.82, 2.24) is 10.3 Å². The molecule has 2 bridgehead atoms. The molecular weight excluding hydrogens is 328 g/mol. The predicted molar refractivity (Wildman–Crippen MR) is 88.1 cm³/mol. The molecule has 2 atom stereocenters. The van der Waals surface area contributed by atoms with E-state index in [4.69, 9.17) is 0 Å². The SMILES string of the molecule is CC12CCC(C(=O)NNS(=O)(=O)c3ccccc3)(CC1=O)C2(C)C. The van der Waals surface area contributed by atoms with Gasteiger partial charge in [-0.25, -0.2) is 8.42 Å². The van der Waals surface area contributed by atoms with E-state index < -0.39 is 32.2 Å². The number of fused-ring (bicyclic) bond motifs is 2. The van der Waals surface area contributed by atoms with Gasteiger partial charge in [0.2, 0.25) is 5.91 Å². The molecule has 130 valence electrons. The Balaban J connectivity index is 1.81. The summed E-state index contributed by atoms with van der Waals surface area (Å²) in [5, 5.41) is 0. The second kappa shape index (κ2) is 5.13. The fourth-order valence-electron chi connectivity index (χ4n) is 4.25. The Morgan fingerprint density at radius 1 is 1.08 bits per heavy atom. The third-order valence-corrected chi connectivity index (χ3v) is 7.76. The zero-order chi connectivity index (χ0) is 17.8. The highest BCUT2D eigenvalue weighted by Gasteiger charge is 2.72. The molecule has 3 rings (SSSR count). The Morgan fingerprint density at radius 2 is 1.71 bits per heavy atom. The second-order valence-electron chi connectivity index (χ2n) is 7.51. The lowest BCUT2D eigenvalue weighted by Gasteiger charge is -2.38. The largest absolute Gasteiger partial charge is 0.299 e. The van der Waals surface area contributed by atoms with Crippen LogP contribution in [0.4, 0.5) is 0 Å². The third-order valence-electron chi connectivity index (χ3n) is 6.49. The molecule has 0 radical (unpaired) electrons. The van der Waals surface area contributed by atoms with E-state index in [9.17, 15) is 18.0 Å². The Morgan fingerprint density at radius 3 is 2.21 bits per heavy atom. The van der Waals surface area contributed by atoms with Gasteiger partial charge in [0.05, 0.1) is 10.3 Å². The van der Waals surface area contributed by atoms with Gasteiger partial charge < -0.3 is 0 Å². The highest BCUT2D eigenvalue weighted by atomic mass is 32.2. The molecule has 2 fully saturated rings. The van der Waals surface area contributed by atoms with Crippen LogP contribution in [0.5, 0.6) is 0 Å². The Labute approximate surface area is 142 Å². The Hall–Kier alpha value is -1.73. The van der Waals surface area contributed by atoms with Crippen LogP contribution in [0.2, 0.25) is 0 Å². The molecule has 2 unspecified atom stereocenters. The lowest BCUT2D eigenvalue weighted by Crippen LogP contribution is -2.52. The first-order valence-electron chi connectivity index (χ1n) is 7.97. The molecule has 0 saturated heterocycles. The van der Waals surface area contributed by atoms with E-state index in [1.807, 2.05) is 20.8 Å². The summed E-state index contributed by atoms with van der Waals surface area (Å²) in [4.78, 5) is 27.4. The average Bonchev–Trinajstić information content (AvgIpc) is 2.84. The fourth-order valence-corrected chi connectivity index (χ4v) is 5.11. The van der Waals surface area contributed by atoms with E-state index in [0.29, 0.717) is 12.8 Å². The maximum Gasteiger partial charge on any atom is 0.257 e. The summed E-state index contributed by atoms with van der Waals surface area (Å²) in [5.74, 6) is -0.346. The van der Waals surface area contributed by atoms with Gasteiger partial charge in [0.15, 0.2) is 0 Å². The van der Waals surface area contributed by atoms with Gasteiger partial charge in [0.25, 0.3) is 10.0 Å². The molecule has 1 aromatic carbocycles. The monoisotopic (exact) mass is 350 g/mol. The maximum atomic E-state index is 12.8. The van der Waals surface area contributed by atoms with Gasteiger partial charge in [-0.1, -0.05) is 39.0 Å². The van der Waals surface area contributed by atoms with Gasteiger partial charge in [-0.2, -0.15) is 0 Å². The standard InChI is InChI=1S/C17H22N2O4S/c1-15(2)16(3)9-10-17(15,11-13(16)20)14(21)18-19-24(22,23)12-7-5-4-6-8-12/h4-8,19H,9-11H2,1-3H3,(H,18,21). The number of carbonyl (C=O) groups is 2. The van der Waals surface area contributed by atoms with Crippen molar-refractivity contribution < 1.29 is 18.0 Å². The summed E-state index contributed by atoms with van der Waals surface area (Å²) in [6.45, 7) is 5.76. The first-order valence-corrected chi connectivity index (χ1v) is 9.46. The van der Waals surface area contributed by atoms with Gasteiger partial charge in [-0.15, -0.1) is 4.83 Å². The number of ketones is 1. The lowest BCUT2D eigenvalue weighted by molar-refractivity contribution is -0.137. The minimum absolute atomic E-state index is 0.0702. The topological polar surface area (TPSA) is 92.3 Å². The maximum absolute atomic E-state index is 12.8. The zero-order valence-corrected chi connectivity index (χ0v) is 14.9. The van der Waals surface area contributed by atoms with Gasteiger partial charge in [-0.3, -0.25) is 15.0 Å². The normalized spacial score (nSPS) is 31.2. The Bertz CT molecular complexity index is 803. The van der Waals surface area contributed by atoms with E-state index in [-0.39, 0.29) is 17.1 Å². The van der Waals surface area contributed by atoms with Crippen LogP contribution in [-0.4, -0.2) is 20.1 Å². The number of nitrogens with one attached hydrogen (secondary N) is 2. The predicted octanol–water partition coefficient (Wildman–Crippen LogP) is 1.78. The second-order valence-corrected chi connectivity index (χ2v) is 9.19. The van der Waals surface area contributed by atoms with Crippen molar-refractivity contribution in [2.24, 2.45) is 16.2 Å². The molecule has 0 heterocycles. The van der Waals surface area contributed by atoms with E-state index in [1.54, 1.807) is 18.2 Å². The molecule has 1 amide bonds. The fraction of sp³-hybridized carbons (Fsp3) is 0.529. The number of Topliss-reactive ketones (excluding diaryl/α,β-unsaturated/α-hetero) is 1. The average molecular weight is 350 g/mol. The molecular formula is C17H22N2O4S. The summed E-state index contributed by atoms with van der Waals surface area (Å²) in [7, 11) is -3.84. The summed E-state index contributed by atoms with van der Waals surface area (Å²) >= 11 is 0. The quantitative estimate of drug-likeness (QED) is 0.810. The number of carbonyl (C=O) groups excluding carboxylic acids is 2. The number of benzene rings is 1.